The van der Waals surface area contributed by atoms with E-state index in [4.69, 9.17) is 16.6 Å². The van der Waals surface area contributed by atoms with Crippen molar-refractivity contribution in [2.45, 2.75) is 0 Å². The van der Waals surface area contributed by atoms with Gasteiger partial charge in [0, 0.05) is 11.3 Å². The van der Waals surface area contributed by atoms with Gasteiger partial charge in [-0.15, -0.1) is 0 Å². The monoisotopic (exact) mass is 194 g/mol. The van der Waals surface area contributed by atoms with Crippen molar-refractivity contribution in [2.75, 3.05) is 12.3 Å². The Bertz CT molecular complexity index is 388. The van der Waals surface area contributed by atoms with Crippen LogP contribution < -0.4 is 11.5 Å². The van der Waals surface area contributed by atoms with Crippen molar-refractivity contribution in [1.29, 1.82) is 0 Å². The lowest BCUT2D eigenvalue weighted by Crippen LogP contribution is -2.16. The van der Waals surface area contributed by atoms with Gasteiger partial charge in [0.25, 0.3) is 0 Å². The predicted molar refractivity (Wildman–Crippen MR) is 51.2 cm³/mol. The normalized spacial score (nSPS) is 9.79. The summed E-state index contributed by atoms with van der Waals surface area (Å²) in [6.07, 6.45) is 0. The van der Waals surface area contributed by atoms with Crippen LogP contribution in [0, 0.1) is 0 Å². The lowest BCUT2D eigenvalue weighted by Gasteiger charge is -2.03. The van der Waals surface area contributed by atoms with E-state index in [-0.39, 0.29) is 29.1 Å². The van der Waals surface area contributed by atoms with Crippen molar-refractivity contribution >= 4 is 17.4 Å². The average molecular weight is 194 g/mol. The number of carbonyl (C=O) groups excluding carboxylic acids is 1. The molecule has 0 aromatic heterocycles. The van der Waals surface area contributed by atoms with Crippen LogP contribution in [0.25, 0.3) is 0 Å². The van der Waals surface area contributed by atoms with Gasteiger partial charge in [0.05, 0.1) is 12.1 Å². The summed E-state index contributed by atoms with van der Waals surface area (Å²) >= 11 is 0. The maximum absolute atomic E-state index is 11.2. The summed E-state index contributed by atoms with van der Waals surface area (Å²) in [5.74, 6) is -1.47. The van der Waals surface area contributed by atoms with E-state index >= 15 is 0 Å². The molecule has 0 saturated heterocycles. The second-order valence-electron chi connectivity index (χ2n) is 2.73. The fourth-order valence-electron chi connectivity index (χ4n) is 1.04. The van der Waals surface area contributed by atoms with Gasteiger partial charge in [0.15, 0.2) is 5.78 Å². The third-order valence-electron chi connectivity index (χ3n) is 1.79. The first-order chi connectivity index (χ1) is 6.56. The number of anilines is 1. The summed E-state index contributed by atoms with van der Waals surface area (Å²) in [4.78, 5) is 21.8. The van der Waals surface area contributed by atoms with Crippen molar-refractivity contribution < 1.29 is 14.7 Å². The van der Waals surface area contributed by atoms with Crippen LogP contribution in [0.15, 0.2) is 18.2 Å². The zero-order chi connectivity index (χ0) is 10.7. The number of carboxylic acids is 1. The molecule has 14 heavy (non-hydrogen) atoms. The number of carboxylic acid groups (broad SMARTS) is 1. The fraction of sp³-hybridized carbons (Fsp3) is 0.111. The number of hydrogen-bond acceptors (Lipinski definition) is 4. The van der Waals surface area contributed by atoms with Crippen LogP contribution in [-0.2, 0) is 0 Å². The van der Waals surface area contributed by atoms with E-state index in [0.29, 0.717) is 0 Å². The van der Waals surface area contributed by atoms with Gasteiger partial charge in [0.1, 0.15) is 0 Å². The Morgan fingerprint density at radius 3 is 2.50 bits per heavy atom. The van der Waals surface area contributed by atoms with Gasteiger partial charge in [0.2, 0.25) is 0 Å². The first-order valence-corrected chi connectivity index (χ1v) is 3.92. The van der Waals surface area contributed by atoms with Gasteiger partial charge in [-0.05, 0) is 18.2 Å². The van der Waals surface area contributed by atoms with Crippen molar-refractivity contribution in [3.05, 3.63) is 29.3 Å². The van der Waals surface area contributed by atoms with Gasteiger partial charge in [-0.1, -0.05) is 0 Å². The summed E-state index contributed by atoms with van der Waals surface area (Å²) in [7, 11) is 0. The minimum absolute atomic E-state index is 0.0241. The number of carbonyl (C=O) groups is 2. The van der Waals surface area contributed by atoms with Gasteiger partial charge in [-0.2, -0.15) is 0 Å². The highest BCUT2D eigenvalue weighted by molar-refractivity contribution is 6.04. The number of hydrogen-bond donors (Lipinski definition) is 3. The second kappa shape index (κ2) is 3.89. The van der Waals surface area contributed by atoms with E-state index in [1.807, 2.05) is 0 Å². The summed E-state index contributed by atoms with van der Waals surface area (Å²) in [6, 6.07) is 3.95. The van der Waals surface area contributed by atoms with E-state index in [1.54, 1.807) is 0 Å². The summed E-state index contributed by atoms with van der Waals surface area (Å²) < 4.78 is 0. The highest BCUT2D eigenvalue weighted by Gasteiger charge is 2.11. The van der Waals surface area contributed by atoms with E-state index < -0.39 is 5.97 Å². The fourth-order valence-corrected chi connectivity index (χ4v) is 1.04. The summed E-state index contributed by atoms with van der Waals surface area (Å²) in [5, 5.41) is 8.67. The molecule has 1 rings (SSSR count). The third kappa shape index (κ3) is 1.89. The molecule has 0 saturated carbocycles. The molecular weight excluding hydrogens is 184 g/mol. The Hall–Kier alpha value is -1.88. The van der Waals surface area contributed by atoms with Crippen LogP contribution in [-0.4, -0.2) is 23.4 Å². The Labute approximate surface area is 80.3 Å². The molecule has 0 aliphatic rings. The molecule has 74 valence electrons. The SMILES string of the molecule is NCC(=O)c1cc(C(=O)O)ccc1N. The zero-order valence-corrected chi connectivity index (χ0v) is 7.36. The average Bonchev–Trinajstić information content (AvgIpc) is 2.17. The quantitative estimate of drug-likeness (QED) is 0.467. The minimum atomic E-state index is -1.10. The van der Waals surface area contributed by atoms with Crippen LogP contribution >= 0.6 is 0 Å². The Kier molecular flexibility index (Phi) is 2.83. The van der Waals surface area contributed by atoms with Gasteiger partial charge >= 0.3 is 5.97 Å². The lowest BCUT2D eigenvalue weighted by atomic mass is 10.1. The molecule has 0 heterocycles. The second-order valence-corrected chi connectivity index (χ2v) is 2.73. The Morgan fingerprint density at radius 2 is 2.00 bits per heavy atom. The van der Waals surface area contributed by atoms with Gasteiger partial charge in [-0.3, -0.25) is 4.79 Å². The molecule has 5 nitrogen and oxygen atoms in total. The Morgan fingerprint density at radius 1 is 1.36 bits per heavy atom. The first-order valence-electron chi connectivity index (χ1n) is 3.92. The maximum Gasteiger partial charge on any atom is 0.335 e. The number of aromatic carboxylic acids is 1. The standard InChI is InChI=1S/C9H10N2O3/c10-4-8(12)6-3-5(9(13)14)1-2-7(6)11/h1-3H,4,10-11H2,(H,13,14). The first kappa shape index (κ1) is 10.2. The van der Waals surface area contributed by atoms with Crippen LogP contribution in [0.2, 0.25) is 0 Å². The van der Waals surface area contributed by atoms with Crippen molar-refractivity contribution in [3.8, 4) is 0 Å². The zero-order valence-electron chi connectivity index (χ0n) is 7.36. The molecular formula is C9H10N2O3. The number of nitrogens with two attached hydrogens (primary N) is 2. The van der Waals surface area contributed by atoms with Crippen LogP contribution in [0.3, 0.4) is 0 Å². The summed E-state index contributed by atoms with van der Waals surface area (Å²) in [6.45, 7) is -0.187. The van der Waals surface area contributed by atoms with Crippen LogP contribution in [0.1, 0.15) is 20.7 Å². The van der Waals surface area contributed by atoms with Crippen molar-refractivity contribution in [3.63, 3.8) is 0 Å². The third-order valence-corrected chi connectivity index (χ3v) is 1.79. The smallest absolute Gasteiger partial charge is 0.335 e. The molecule has 5 N–H and O–H groups in total. The molecule has 0 bridgehead atoms. The number of Topliss-reactive ketones (excluding diaryl/α,β-unsaturated/α-hetero) is 1. The highest BCUT2D eigenvalue weighted by atomic mass is 16.4. The van der Waals surface area contributed by atoms with E-state index in [9.17, 15) is 9.59 Å². The molecule has 0 aliphatic carbocycles. The lowest BCUT2D eigenvalue weighted by molar-refractivity contribution is 0.0697. The number of ketones is 1. The largest absolute Gasteiger partial charge is 0.478 e. The van der Waals surface area contributed by atoms with E-state index in [0.717, 1.165) is 0 Å². The highest BCUT2D eigenvalue weighted by Crippen LogP contribution is 2.14. The predicted octanol–water partition coefficient (Wildman–Crippen LogP) is 0.108. The molecule has 0 spiro atoms. The molecule has 1 aromatic carbocycles. The van der Waals surface area contributed by atoms with Crippen LogP contribution in [0.5, 0.6) is 0 Å². The Balaban J connectivity index is 3.21. The van der Waals surface area contributed by atoms with Gasteiger partial charge < -0.3 is 16.6 Å². The molecule has 0 fully saturated rings. The number of nitrogen functional groups attached to an aromatic ring is 1. The molecule has 5 heteroatoms. The minimum Gasteiger partial charge on any atom is -0.478 e. The van der Waals surface area contributed by atoms with Gasteiger partial charge in [-0.25, -0.2) is 4.79 Å². The van der Waals surface area contributed by atoms with Crippen LogP contribution in [0.4, 0.5) is 5.69 Å². The number of rotatable bonds is 3. The van der Waals surface area contributed by atoms with Crippen molar-refractivity contribution in [2.24, 2.45) is 5.73 Å². The molecule has 0 radical (unpaired) electrons. The van der Waals surface area contributed by atoms with E-state index in [2.05, 4.69) is 0 Å². The number of benzene rings is 1. The van der Waals surface area contributed by atoms with Crippen molar-refractivity contribution in [1.82, 2.24) is 0 Å². The molecule has 0 amide bonds. The molecule has 0 unspecified atom stereocenters. The molecule has 0 atom stereocenters. The molecule has 1 aromatic rings. The summed E-state index contributed by atoms with van der Waals surface area (Å²) in [5.41, 5.74) is 11.1. The topological polar surface area (TPSA) is 106 Å². The van der Waals surface area contributed by atoms with E-state index in [1.165, 1.54) is 18.2 Å². The molecule has 0 aliphatic heterocycles. The maximum atomic E-state index is 11.2.